The van der Waals surface area contributed by atoms with E-state index >= 15 is 0 Å². The summed E-state index contributed by atoms with van der Waals surface area (Å²) in [5.41, 5.74) is 7.24. The first-order valence-electron chi connectivity index (χ1n) is 12.8. The molecule has 0 aromatic heterocycles. The quantitative estimate of drug-likeness (QED) is 0.575. The van der Waals surface area contributed by atoms with E-state index in [2.05, 4.69) is 11.0 Å². The summed E-state index contributed by atoms with van der Waals surface area (Å²) in [6.07, 6.45) is 11.4. The van der Waals surface area contributed by atoms with E-state index in [1.54, 1.807) is 6.07 Å². The van der Waals surface area contributed by atoms with Crippen molar-refractivity contribution in [3.8, 4) is 0 Å². The van der Waals surface area contributed by atoms with E-state index in [9.17, 15) is 18.0 Å². The minimum absolute atomic E-state index is 0.251. The van der Waals surface area contributed by atoms with Crippen LogP contribution in [-0.2, 0) is 14.6 Å². The Hall–Kier alpha value is -1.93. The Bertz CT molecular complexity index is 976. The minimum Gasteiger partial charge on any atom is -0.366 e. The van der Waals surface area contributed by atoms with Gasteiger partial charge in [-0.3, -0.25) is 14.5 Å². The lowest BCUT2D eigenvalue weighted by Crippen LogP contribution is -2.48. The normalized spacial score (nSPS) is 25.9. The molecular formula is C26H39N3O4S. The Morgan fingerprint density at radius 2 is 1.74 bits per heavy atom. The van der Waals surface area contributed by atoms with Crippen LogP contribution in [0.4, 0.5) is 0 Å². The lowest BCUT2D eigenvalue weighted by atomic mass is 9.84. The zero-order chi connectivity index (χ0) is 24.3. The zero-order valence-electron chi connectivity index (χ0n) is 20.3. The molecule has 1 aromatic rings. The van der Waals surface area contributed by atoms with Crippen LogP contribution in [0.5, 0.6) is 0 Å². The number of fused-ring (bicyclic) bond motifs is 2. The number of piperidine rings is 1. The van der Waals surface area contributed by atoms with E-state index in [0.29, 0.717) is 42.6 Å². The number of nitrogens with two attached hydrogens (primary N) is 1. The number of benzene rings is 1. The highest BCUT2D eigenvalue weighted by atomic mass is 32.2. The summed E-state index contributed by atoms with van der Waals surface area (Å²) in [4.78, 5) is 28.9. The molecule has 3 atom stereocenters. The predicted octanol–water partition coefficient (Wildman–Crippen LogP) is 2.95. The highest BCUT2D eigenvalue weighted by Gasteiger charge is 2.41. The molecule has 188 valence electrons. The average molecular weight is 490 g/mol. The minimum atomic E-state index is -3.35. The van der Waals surface area contributed by atoms with E-state index in [4.69, 9.17) is 5.73 Å². The standard InChI is InChI=1S/C26H39N3O4S/c1-34(32,33)18-25(30)28(17-19-6-3-2-4-7-19)12-13-29-23-10-11-24(29)16-22(15-23)20-8-5-9-21(14-20)26(27)31/h5,8-9,14,19,22-24H,2-4,6-7,10-13,15-18H2,1H3,(H2,27,31)/t22?,23-,24+. The Kier molecular flexibility index (Phi) is 7.97. The van der Waals surface area contributed by atoms with E-state index in [1.165, 1.54) is 24.8 Å². The van der Waals surface area contributed by atoms with Crippen molar-refractivity contribution in [3.05, 3.63) is 35.4 Å². The van der Waals surface area contributed by atoms with E-state index in [1.807, 2.05) is 17.0 Å². The Morgan fingerprint density at radius 3 is 2.35 bits per heavy atom. The third kappa shape index (κ3) is 6.39. The van der Waals surface area contributed by atoms with Gasteiger partial charge in [0.25, 0.3) is 0 Å². The highest BCUT2D eigenvalue weighted by molar-refractivity contribution is 7.91. The molecule has 3 aliphatic rings. The number of carbonyl (C=O) groups is 2. The van der Waals surface area contributed by atoms with Crippen LogP contribution >= 0.6 is 0 Å². The van der Waals surface area contributed by atoms with Gasteiger partial charge in [0.15, 0.2) is 9.84 Å². The molecule has 0 radical (unpaired) electrons. The van der Waals surface area contributed by atoms with Crippen molar-refractivity contribution in [1.29, 1.82) is 0 Å². The van der Waals surface area contributed by atoms with Crippen LogP contribution in [0.15, 0.2) is 24.3 Å². The van der Waals surface area contributed by atoms with Gasteiger partial charge in [-0.15, -0.1) is 0 Å². The Labute approximate surface area is 204 Å². The van der Waals surface area contributed by atoms with Crippen LogP contribution in [0.3, 0.4) is 0 Å². The molecule has 2 amide bonds. The van der Waals surface area contributed by atoms with Crippen molar-refractivity contribution in [1.82, 2.24) is 9.80 Å². The largest absolute Gasteiger partial charge is 0.366 e. The maximum atomic E-state index is 12.9. The lowest BCUT2D eigenvalue weighted by molar-refractivity contribution is -0.129. The van der Waals surface area contributed by atoms with Gasteiger partial charge in [-0.1, -0.05) is 31.4 Å². The van der Waals surface area contributed by atoms with Gasteiger partial charge < -0.3 is 10.6 Å². The maximum absolute atomic E-state index is 12.9. The molecule has 1 saturated carbocycles. The van der Waals surface area contributed by atoms with Gasteiger partial charge in [-0.25, -0.2) is 8.42 Å². The van der Waals surface area contributed by atoms with E-state index in [0.717, 1.165) is 51.3 Å². The van der Waals surface area contributed by atoms with Gasteiger partial charge in [-0.05, 0) is 68.1 Å². The van der Waals surface area contributed by atoms with Crippen LogP contribution < -0.4 is 5.73 Å². The third-order valence-electron chi connectivity index (χ3n) is 8.10. The summed E-state index contributed by atoms with van der Waals surface area (Å²) in [7, 11) is -3.35. The van der Waals surface area contributed by atoms with Crippen molar-refractivity contribution in [2.24, 2.45) is 11.7 Å². The van der Waals surface area contributed by atoms with Gasteiger partial charge in [0.1, 0.15) is 5.75 Å². The van der Waals surface area contributed by atoms with Gasteiger partial charge in [0.05, 0.1) is 0 Å². The molecule has 2 saturated heterocycles. The van der Waals surface area contributed by atoms with Crippen molar-refractivity contribution in [2.75, 3.05) is 31.6 Å². The van der Waals surface area contributed by atoms with Gasteiger partial charge in [-0.2, -0.15) is 0 Å². The number of sulfone groups is 1. The molecule has 2 N–H and O–H groups in total. The van der Waals surface area contributed by atoms with Crippen molar-refractivity contribution in [2.45, 2.75) is 75.8 Å². The molecule has 0 spiro atoms. The van der Waals surface area contributed by atoms with Crippen LogP contribution in [0.1, 0.15) is 79.6 Å². The fourth-order valence-electron chi connectivity index (χ4n) is 6.41. The van der Waals surface area contributed by atoms with Gasteiger partial charge in [0, 0.05) is 43.5 Å². The van der Waals surface area contributed by atoms with E-state index in [-0.39, 0.29) is 11.8 Å². The predicted molar refractivity (Wildman–Crippen MR) is 133 cm³/mol. The summed E-state index contributed by atoms with van der Waals surface area (Å²) < 4.78 is 23.6. The summed E-state index contributed by atoms with van der Waals surface area (Å²) in [5.74, 6) is -0.140. The molecule has 1 aromatic carbocycles. The summed E-state index contributed by atoms with van der Waals surface area (Å²) in [5, 5.41) is 0. The second-order valence-electron chi connectivity index (χ2n) is 10.7. The number of carbonyl (C=O) groups excluding carboxylic acids is 2. The zero-order valence-corrected chi connectivity index (χ0v) is 21.1. The lowest BCUT2D eigenvalue weighted by Gasteiger charge is -2.40. The molecule has 34 heavy (non-hydrogen) atoms. The summed E-state index contributed by atoms with van der Waals surface area (Å²) >= 11 is 0. The molecular weight excluding hydrogens is 450 g/mol. The average Bonchev–Trinajstić information content (AvgIpc) is 3.02. The fourth-order valence-corrected chi connectivity index (χ4v) is 7.04. The smallest absolute Gasteiger partial charge is 0.248 e. The first-order chi connectivity index (χ1) is 16.2. The number of hydrogen-bond acceptors (Lipinski definition) is 5. The summed E-state index contributed by atoms with van der Waals surface area (Å²) in [6, 6.07) is 8.65. The van der Waals surface area contributed by atoms with Crippen LogP contribution in [0.2, 0.25) is 0 Å². The van der Waals surface area contributed by atoms with E-state index < -0.39 is 15.6 Å². The molecule has 1 unspecified atom stereocenters. The number of primary amides is 1. The molecule has 8 heteroatoms. The molecule has 1 aliphatic carbocycles. The number of hydrogen-bond donors (Lipinski definition) is 1. The fraction of sp³-hybridized carbons (Fsp3) is 0.692. The number of nitrogens with zero attached hydrogens (tertiary/aromatic N) is 2. The van der Waals surface area contributed by atoms with Crippen molar-refractivity contribution < 1.29 is 18.0 Å². The van der Waals surface area contributed by atoms with Crippen LogP contribution in [0.25, 0.3) is 0 Å². The number of amides is 2. The molecule has 7 nitrogen and oxygen atoms in total. The Balaban J connectivity index is 1.39. The maximum Gasteiger partial charge on any atom is 0.248 e. The van der Waals surface area contributed by atoms with Gasteiger partial charge >= 0.3 is 0 Å². The Morgan fingerprint density at radius 1 is 1.06 bits per heavy atom. The molecule has 2 heterocycles. The second-order valence-corrected chi connectivity index (χ2v) is 12.8. The molecule has 2 aliphatic heterocycles. The second kappa shape index (κ2) is 10.8. The monoisotopic (exact) mass is 489 g/mol. The van der Waals surface area contributed by atoms with Gasteiger partial charge in [0.2, 0.25) is 11.8 Å². The van der Waals surface area contributed by atoms with Crippen LogP contribution in [-0.4, -0.2) is 73.8 Å². The SMILES string of the molecule is CS(=O)(=O)CC(=O)N(CCN1[C@@H]2CC[C@H]1CC(c1cccc(C(N)=O)c1)C2)CC1CCCCC1. The third-order valence-corrected chi connectivity index (χ3v) is 8.87. The summed E-state index contributed by atoms with van der Waals surface area (Å²) in [6.45, 7) is 2.07. The first-order valence-corrected chi connectivity index (χ1v) is 14.9. The highest BCUT2D eigenvalue weighted by Crippen LogP contribution is 2.43. The number of rotatable bonds is 9. The topological polar surface area (TPSA) is 101 Å². The van der Waals surface area contributed by atoms with Crippen molar-refractivity contribution in [3.63, 3.8) is 0 Å². The van der Waals surface area contributed by atoms with Crippen LogP contribution in [0, 0.1) is 5.92 Å². The van der Waals surface area contributed by atoms with Crippen molar-refractivity contribution >= 4 is 21.7 Å². The first kappa shape index (κ1) is 25.2. The molecule has 4 rings (SSSR count). The molecule has 3 fully saturated rings. The molecule has 2 bridgehead atoms.